The molecule has 4 unspecified atom stereocenters. The highest BCUT2D eigenvalue weighted by atomic mass is 16.6. The highest BCUT2D eigenvalue weighted by Gasteiger charge is 2.64. The van der Waals surface area contributed by atoms with Gasteiger partial charge in [-0.2, -0.15) is 0 Å². The van der Waals surface area contributed by atoms with Crippen LogP contribution in [0.15, 0.2) is 11.6 Å². The Morgan fingerprint density at radius 1 is 1.33 bits per heavy atom. The van der Waals surface area contributed by atoms with Crippen molar-refractivity contribution in [2.45, 2.75) is 76.8 Å². The van der Waals surface area contributed by atoms with E-state index in [9.17, 15) is 20.1 Å². The van der Waals surface area contributed by atoms with Crippen LogP contribution in [0.4, 0.5) is 0 Å². The van der Waals surface area contributed by atoms with E-state index >= 15 is 0 Å². The number of hydrogen-bond donors (Lipinski definition) is 3. The molecule has 0 aromatic heterocycles. The van der Waals surface area contributed by atoms with Crippen molar-refractivity contribution in [3.05, 3.63) is 11.6 Å². The topological polar surface area (TPSA) is 96.2 Å². The molecule has 3 N–H and O–H groups in total. The second-order valence-corrected chi connectivity index (χ2v) is 9.21. The summed E-state index contributed by atoms with van der Waals surface area (Å²) in [6.07, 6.45) is 4.39. The van der Waals surface area contributed by atoms with E-state index in [4.69, 9.17) is 9.47 Å². The van der Waals surface area contributed by atoms with Crippen LogP contribution >= 0.6 is 0 Å². The van der Waals surface area contributed by atoms with Crippen LogP contribution in [-0.2, 0) is 14.3 Å². The molecule has 0 aromatic rings. The van der Waals surface area contributed by atoms with E-state index in [-0.39, 0.29) is 48.1 Å². The summed E-state index contributed by atoms with van der Waals surface area (Å²) in [4.78, 5) is 11.9. The van der Waals surface area contributed by atoms with Crippen LogP contribution in [0.2, 0.25) is 0 Å². The van der Waals surface area contributed by atoms with Crippen LogP contribution in [0, 0.1) is 22.7 Å². The van der Waals surface area contributed by atoms with Crippen molar-refractivity contribution >= 4 is 5.97 Å². The van der Waals surface area contributed by atoms with Crippen LogP contribution in [0.1, 0.15) is 52.4 Å². The van der Waals surface area contributed by atoms with Gasteiger partial charge in [-0.25, -0.2) is 0 Å². The zero-order valence-electron chi connectivity index (χ0n) is 16.3. The van der Waals surface area contributed by atoms with Crippen LogP contribution < -0.4 is 0 Å². The van der Waals surface area contributed by atoms with E-state index in [0.29, 0.717) is 25.9 Å². The summed E-state index contributed by atoms with van der Waals surface area (Å²) in [5.41, 5.74) is 0.268. The highest BCUT2D eigenvalue weighted by Crippen LogP contribution is 2.60. The Hall–Kier alpha value is -0.950. The van der Waals surface area contributed by atoms with Crippen molar-refractivity contribution < 1.29 is 29.6 Å². The zero-order valence-corrected chi connectivity index (χ0v) is 16.3. The first-order chi connectivity index (χ1) is 12.9. The number of carbonyl (C=O) groups excluding carboxylic acids is 1. The summed E-state index contributed by atoms with van der Waals surface area (Å²) < 4.78 is 12.1. The molecule has 0 aromatic carbocycles. The van der Waals surface area contributed by atoms with Crippen molar-refractivity contribution in [3.8, 4) is 0 Å². The van der Waals surface area contributed by atoms with E-state index in [1.165, 1.54) is 0 Å². The fourth-order valence-corrected chi connectivity index (χ4v) is 6.31. The van der Waals surface area contributed by atoms with Crippen molar-refractivity contribution in [2.24, 2.45) is 22.7 Å². The van der Waals surface area contributed by atoms with Gasteiger partial charge in [0.1, 0.15) is 6.10 Å². The molecule has 27 heavy (non-hydrogen) atoms. The van der Waals surface area contributed by atoms with Crippen LogP contribution in [0.3, 0.4) is 0 Å². The number of aliphatic hydroxyl groups is 3. The molecule has 1 saturated heterocycles. The van der Waals surface area contributed by atoms with E-state index in [0.717, 1.165) is 24.8 Å². The Balaban J connectivity index is 1.66. The Morgan fingerprint density at radius 3 is 2.81 bits per heavy atom. The van der Waals surface area contributed by atoms with E-state index in [1.807, 2.05) is 6.08 Å². The molecule has 0 radical (unpaired) electrons. The molecular formula is C21H32O6. The van der Waals surface area contributed by atoms with Gasteiger partial charge in [-0.15, -0.1) is 0 Å². The molecule has 0 bridgehead atoms. The van der Waals surface area contributed by atoms with Crippen LogP contribution in [0.5, 0.6) is 0 Å². The van der Waals surface area contributed by atoms with Gasteiger partial charge >= 0.3 is 5.97 Å². The summed E-state index contributed by atoms with van der Waals surface area (Å²) in [6, 6.07) is 0. The molecule has 4 aliphatic rings. The summed E-state index contributed by atoms with van der Waals surface area (Å²) >= 11 is 0. The van der Waals surface area contributed by atoms with E-state index < -0.39 is 11.5 Å². The molecule has 1 aliphatic heterocycles. The van der Waals surface area contributed by atoms with Gasteiger partial charge in [0.25, 0.3) is 0 Å². The molecule has 8 atom stereocenters. The lowest BCUT2D eigenvalue weighted by atomic mass is 9.54. The molecule has 3 fully saturated rings. The summed E-state index contributed by atoms with van der Waals surface area (Å²) in [6.45, 7) is 4.18. The third-order valence-electron chi connectivity index (χ3n) is 7.90. The quantitative estimate of drug-likeness (QED) is 0.508. The molecule has 152 valence electrons. The normalized spacial score (nSPS) is 48.9. The fraction of sp³-hybridized carbons (Fsp3) is 0.857. The van der Waals surface area contributed by atoms with E-state index in [2.05, 4.69) is 6.92 Å². The predicted octanol–water partition coefficient (Wildman–Crippen LogP) is 1.56. The Kier molecular flexibility index (Phi) is 4.90. The zero-order chi connectivity index (χ0) is 19.4. The average molecular weight is 380 g/mol. The smallest absolute Gasteiger partial charge is 0.305 e. The lowest BCUT2D eigenvalue weighted by Gasteiger charge is -2.58. The van der Waals surface area contributed by atoms with E-state index in [1.54, 1.807) is 6.92 Å². The third kappa shape index (κ3) is 2.79. The molecule has 6 nitrogen and oxygen atoms in total. The van der Waals surface area contributed by atoms with Crippen molar-refractivity contribution in [2.75, 3.05) is 13.2 Å². The minimum Gasteiger partial charge on any atom is -0.462 e. The monoisotopic (exact) mass is 380 g/mol. The van der Waals surface area contributed by atoms with Gasteiger partial charge in [0.15, 0.2) is 0 Å². The van der Waals surface area contributed by atoms with Gasteiger partial charge < -0.3 is 24.8 Å². The largest absolute Gasteiger partial charge is 0.462 e. The van der Waals surface area contributed by atoms with Gasteiger partial charge in [0, 0.05) is 17.8 Å². The minimum atomic E-state index is -0.666. The molecule has 3 aliphatic carbocycles. The summed E-state index contributed by atoms with van der Waals surface area (Å²) in [5.74, 6) is -0.331. The molecule has 6 heteroatoms. The lowest BCUT2D eigenvalue weighted by Crippen LogP contribution is -2.62. The van der Waals surface area contributed by atoms with Crippen LogP contribution in [0.25, 0.3) is 0 Å². The third-order valence-corrected chi connectivity index (χ3v) is 7.90. The molecule has 0 amide bonds. The first-order valence-corrected chi connectivity index (χ1v) is 10.3. The maximum absolute atomic E-state index is 11.9. The molecular weight excluding hydrogens is 348 g/mol. The number of esters is 1. The van der Waals surface area contributed by atoms with Crippen molar-refractivity contribution in [1.82, 2.24) is 0 Å². The standard InChI is InChI=1S/C21H32O6/c1-3-17(25)27-16-5-4-14-18-15(24)9-12-8-13(23)6-7-20(12,2)19(18)26-11-21(14,16)10-22/h9,13-16,18-19,22-24H,3-8,10-11H2,1-2H3/t13-,14?,15?,16-,18?,19?,20-,21-/m0/s1. The average Bonchev–Trinajstić information content (AvgIpc) is 3.02. The maximum Gasteiger partial charge on any atom is 0.305 e. The van der Waals surface area contributed by atoms with Gasteiger partial charge in [-0.05, 0) is 38.0 Å². The fourth-order valence-electron chi connectivity index (χ4n) is 6.31. The number of hydrogen-bond acceptors (Lipinski definition) is 6. The van der Waals surface area contributed by atoms with Gasteiger partial charge in [-0.1, -0.05) is 25.5 Å². The predicted molar refractivity (Wildman–Crippen MR) is 97.7 cm³/mol. The summed E-state index contributed by atoms with van der Waals surface area (Å²) in [5, 5.41) is 31.4. The molecule has 0 spiro atoms. The van der Waals surface area contributed by atoms with Crippen molar-refractivity contribution in [3.63, 3.8) is 0 Å². The maximum atomic E-state index is 11.9. The molecule has 4 rings (SSSR count). The Morgan fingerprint density at radius 2 is 2.11 bits per heavy atom. The second kappa shape index (κ2) is 6.83. The van der Waals surface area contributed by atoms with Crippen molar-refractivity contribution in [1.29, 1.82) is 0 Å². The summed E-state index contributed by atoms with van der Waals surface area (Å²) in [7, 11) is 0. The number of ether oxygens (including phenoxy) is 2. The Bertz CT molecular complexity index is 632. The van der Waals surface area contributed by atoms with Gasteiger partial charge in [0.2, 0.25) is 0 Å². The lowest BCUT2D eigenvalue weighted by molar-refractivity contribution is -0.225. The van der Waals surface area contributed by atoms with Gasteiger partial charge in [-0.3, -0.25) is 4.79 Å². The number of rotatable bonds is 3. The second-order valence-electron chi connectivity index (χ2n) is 9.21. The molecule has 2 saturated carbocycles. The number of carbonyl (C=O) groups is 1. The SMILES string of the molecule is CCC(=O)O[C@H]1CCC2C3C(O)C=C4C[C@@H](O)CC[C@]4(C)C3OC[C@@]21CO. The van der Waals surface area contributed by atoms with Gasteiger partial charge in [0.05, 0.1) is 36.9 Å². The first kappa shape index (κ1) is 19.4. The molecule has 1 heterocycles. The minimum absolute atomic E-state index is 0.0485. The number of fused-ring (bicyclic) bond motifs is 5. The number of aliphatic hydroxyl groups excluding tert-OH is 3. The Labute approximate surface area is 160 Å². The van der Waals surface area contributed by atoms with Crippen LogP contribution in [-0.4, -0.2) is 58.9 Å². The first-order valence-electron chi connectivity index (χ1n) is 10.3. The highest BCUT2D eigenvalue weighted by molar-refractivity contribution is 5.69.